The zero-order chi connectivity index (χ0) is 9.56. The summed E-state index contributed by atoms with van der Waals surface area (Å²) in [7, 11) is 1.36. The third-order valence-electron chi connectivity index (χ3n) is 1.64. The van der Waals surface area contributed by atoms with Crippen molar-refractivity contribution >= 4 is 17.7 Å². The lowest BCUT2D eigenvalue weighted by atomic mass is 10.4. The SMILES string of the molecule is CCC(C)SCC(N)C(=O)OC. The molecule has 0 aliphatic rings. The number of hydrogen-bond acceptors (Lipinski definition) is 4. The van der Waals surface area contributed by atoms with Gasteiger partial charge < -0.3 is 10.5 Å². The van der Waals surface area contributed by atoms with E-state index in [4.69, 9.17) is 5.73 Å². The van der Waals surface area contributed by atoms with Crippen molar-refractivity contribution < 1.29 is 9.53 Å². The summed E-state index contributed by atoms with van der Waals surface area (Å²) in [6, 6.07) is -0.478. The van der Waals surface area contributed by atoms with E-state index in [2.05, 4.69) is 18.6 Å². The van der Waals surface area contributed by atoms with E-state index in [0.717, 1.165) is 6.42 Å². The zero-order valence-corrected chi connectivity index (χ0v) is 8.69. The summed E-state index contributed by atoms with van der Waals surface area (Å²) in [6.45, 7) is 4.23. The average molecular weight is 191 g/mol. The van der Waals surface area contributed by atoms with Crippen molar-refractivity contribution in [2.75, 3.05) is 12.9 Å². The van der Waals surface area contributed by atoms with Crippen LogP contribution in [0.1, 0.15) is 20.3 Å². The van der Waals surface area contributed by atoms with Crippen LogP contribution in [0.25, 0.3) is 0 Å². The highest BCUT2D eigenvalue weighted by Crippen LogP contribution is 2.13. The Bertz CT molecular complexity index is 141. The summed E-state index contributed by atoms with van der Waals surface area (Å²) in [5.41, 5.74) is 5.54. The third-order valence-corrected chi connectivity index (χ3v) is 3.09. The maximum atomic E-state index is 10.9. The van der Waals surface area contributed by atoms with Crippen molar-refractivity contribution in [2.45, 2.75) is 31.6 Å². The van der Waals surface area contributed by atoms with Gasteiger partial charge in [0.15, 0.2) is 0 Å². The summed E-state index contributed by atoms with van der Waals surface area (Å²) in [5, 5.41) is 0.556. The fourth-order valence-corrected chi connectivity index (χ4v) is 1.51. The van der Waals surface area contributed by atoms with Gasteiger partial charge in [-0.15, -0.1) is 0 Å². The standard InChI is InChI=1S/C8H17NO2S/c1-4-6(2)12-5-7(9)8(10)11-3/h6-7H,4-5,9H2,1-3H3. The van der Waals surface area contributed by atoms with Gasteiger partial charge in [-0.25, -0.2) is 0 Å². The highest BCUT2D eigenvalue weighted by Gasteiger charge is 2.14. The number of nitrogens with two attached hydrogens (primary N) is 1. The first-order valence-electron chi connectivity index (χ1n) is 4.06. The second-order valence-electron chi connectivity index (χ2n) is 2.68. The monoisotopic (exact) mass is 191 g/mol. The second-order valence-corrected chi connectivity index (χ2v) is 4.15. The molecule has 2 unspecified atom stereocenters. The van der Waals surface area contributed by atoms with Crippen LogP contribution in [0.4, 0.5) is 0 Å². The molecule has 0 rings (SSSR count). The number of methoxy groups -OCH3 is 1. The van der Waals surface area contributed by atoms with Gasteiger partial charge in [-0.2, -0.15) is 11.8 Å². The first-order valence-corrected chi connectivity index (χ1v) is 5.11. The maximum Gasteiger partial charge on any atom is 0.323 e. The van der Waals surface area contributed by atoms with Gasteiger partial charge in [0.05, 0.1) is 7.11 Å². The number of esters is 1. The molecule has 0 amide bonds. The number of carbonyl (C=O) groups is 1. The zero-order valence-electron chi connectivity index (χ0n) is 7.87. The van der Waals surface area contributed by atoms with Crippen molar-refractivity contribution in [1.29, 1.82) is 0 Å². The van der Waals surface area contributed by atoms with Crippen LogP contribution < -0.4 is 5.73 Å². The van der Waals surface area contributed by atoms with Crippen molar-refractivity contribution in [1.82, 2.24) is 0 Å². The summed E-state index contributed by atoms with van der Waals surface area (Å²) in [6.07, 6.45) is 1.10. The molecule has 0 aliphatic heterocycles. The van der Waals surface area contributed by atoms with Crippen LogP contribution in [0.3, 0.4) is 0 Å². The largest absolute Gasteiger partial charge is 0.468 e. The molecule has 0 saturated heterocycles. The lowest BCUT2D eigenvalue weighted by Gasteiger charge is -2.11. The maximum absolute atomic E-state index is 10.9. The minimum absolute atomic E-state index is 0.328. The first kappa shape index (κ1) is 11.8. The molecule has 0 bridgehead atoms. The number of hydrogen-bond donors (Lipinski definition) is 1. The molecule has 2 atom stereocenters. The van der Waals surface area contributed by atoms with Gasteiger partial charge in [0, 0.05) is 11.0 Å². The Kier molecular flexibility index (Phi) is 6.20. The van der Waals surface area contributed by atoms with Crippen LogP contribution in [0.15, 0.2) is 0 Å². The number of rotatable bonds is 5. The van der Waals surface area contributed by atoms with Crippen LogP contribution in [-0.4, -0.2) is 30.1 Å². The Morgan fingerprint density at radius 3 is 2.67 bits per heavy atom. The van der Waals surface area contributed by atoms with E-state index >= 15 is 0 Å². The second kappa shape index (κ2) is 6.31. The Hall–Kier alpha value is -0.220. The topological polar surface area (TPSA) is 52.3 Å². The fourth-order valence-electron chi connectivity index (χ4n) is 0.605. The molecule has 72 valence electrons. The lowest BCUT2D eigenvalue weighted by Crippen LogP contribution is -2.34. The van der Waals surface area contributed by atoms with E-state index in [1.54, 1.807) is 11.8 Å². The molecular formula is C8H17NO2S. The summed E-state index contributed by atoms with van der Waals surface area (Å²) in [4.78, 5) is 10.9. The van der Waals surface area contributed by atoms with Crippen LogP contribution in [0.2, 0.25) is 0 Å². The predicted molar refractivity (Wildman–Crippen MR) is 52.2 cm³/mol. The lowest BCUT2D eigenvalue weighted by molar-refractivity contribution is -0.141. The summed E-state index contributed by atoms with van der Waals surface area (Å²) in [5.74, 6) is 0.313. The Morgan fingerprint density at radius 2 is 2.25 bits per heavy atom. The van der Waals surface area contributed by atoms with Crippen LogP contribution in [-0.2, 0) is 9.53 Å². The van der Waals surface area contributed by atoms with Gasteiger partial charge in [0.25, 0.3) is 0 Å². The van der Waals surface area contributed by atoms with Crippen molar-refractivity contribution in [3.63, 3.8) is 0 Å². The van der Waals surface area contributed by atoms with E-state index in [1.165, 1.54) is 7.11 Å². The van der Waals surface area contributed by atoms with Crippen LogP contribution >= 0.6 is 11.8 Å². The average Bonchev–Trinajstić information content (AvgIpc) is 2.11. The van der Waals surface area contributed by atoms with Gasteiger partial charge in [-0.1, -0.05) is 13.8 Å². The number of carbonyl (C=O) groups excluding carboxylic acids is 1. The molecule has 0 aromatic carbocycles. The van der Waals surface area contributed by atoms with Crippen molar-refractivity contribution in [3.05, 3.63) is 0 Å². The normalized spacial score (nSPS) is 15.3. The van der Waals surface area contributed by atoms with E-state index in [0.29, 0.717) is 11.0 Å². The first-order chi connectivity index (χ1) is 5.61. The molecular weight excluding hydrogens is 174 g/mol. The molecule has 2 N–H and O–H groups in total. The third kappa shape index (κ3) is 4.62. The molecule has 0 saturated carbocycles. The van der Waals surface area contributed by atoms with Gasteiger partial charge in [-0.05, 0) is 6.42 Å². The van der Waals surface area contributed by atoms with Gasteiger partial charge in [-0.3, -0.25) is 4.79 Å². The molecule has 0 fully saturated rings. The highest BCUT2D eigenvalue weighted by atomic mass is 32.2. The quantitative estimate of drug-likeness (QED) is 0.659. The minimum atomic E-state index is -0.478. The Morgan fingerprint density at radius 1 is 1.67 bits per heavy atom. The van der Waals surface area contributed by atoms with E-state index in [-0.39, 0.29) is 5.97 Å². The Labute approximate surface area is 78.0 Å². The molecule has 0 aromatic heterocycles. The molecule has 12 heavy (non-hydrogen) atoms. The van der Waals surface area contributed by atoms with E-state index < -0.39 is 6.04 Å². The molecule has 0 aromatic rings. The highest BCUT2D eigenvalue weighted by molar-refractivity contribution is 7.99. The Balaban J connectivity index is 3.56. The molecule has 0 heterocycles. The minimum Gasteiger partial charge on any atom is -0.468 e. The molecule has 3 nitrogen and oxygen atoms in total. The van der Waals surface area contributed by atoms with Crippen LogP contribution in [0, 0.1) is 0 Å². The number of thioether (sulfide) groups is 1. The smallest absolute Gasteiger partial charge is 0.323 e. The fraction of sp³-hybridized carbons (Fsp3) is 0.875. The van der Waals surface area contributed by atoms with Gasteiger partial charge in [0.1, 0.15) is 6.04 Å². The van der Waals surface area contributed by atoms with E-state index in [1.807, 2.05) is 0 Å². The summed E-state index contributed by atoms with van der Waals surface area (Å²) < 4.78 is 4.50. The van der Waals surface area contributed by atoms with Gasteiger partial charge in [0.2, 0.25) is 0 Å². The molecule has 4 heteroatoms. The predicted octanol–water partition coefficient (Wildman–Crippen LogP) is 1.02. The molecule has 0 radical (unpaired) electrons. The van der Waals surface area contributed by atoms with Crippen LogP contribution in [0.5, 0.6) is 0 Å². The van der Waals surface area contributed by atoms with E-state index in [9.17, 15) is 4.79 Å². The van der Waals surface area contributed by atoms with Crippen molar-refractivity contribution in [3.8, 4) is 0 Å². The molecule has 0 aliphatic carbocycles. The number of ether oxygens (including phenoxy) is 1. The molecule has 0 spiro atoms. The van der Waals surface area contributed by atoms with Crippen molar-refractivity contribution in [2.24, 2.45) is 5.73 Å². The summed E-state index contributed by atoms with van der Waals surface area (Å²) >= 11 is 1.70. The van der Waals surface area contributed by atoms with Gasteiger partial charge >= 0.3 is 5.97 Å².